The molecule has 0 saturated heterocycles. The van der Waals surface area contributed by atoms with Gasteiger partial charge >= 0.3 is 0 Å². The minimum absolute atomic E-state index is 0.115. The maximum atomic E-state index is 12.9. The third-order valence-corrected chi connectivity index (χ3v) is 2.91. The van der Waals surface area contributed by atoms with Crippen molar-refractivity contribution in [2.24, 2.45) is 0 Å². The summed E-state index contributed by atoms with van der Waals surface area (Å²) in [6, 6.07) is 1.09. The van der Waals surface area contributed by atoms with E-state index in [4.69, 9.17) is 0 Å². The van der Waals surface area contributed by atoms with Crippen molar-refractivity contribution in [1.29, 1.82) is 0 Å². The van der Waals surface area contributed by atoms with Gasteiger partial charge in [0.25, 0.3) is 5.91 Å². The van der Waals surface area contributed by atoms with Gasteiger partial charge in [-0.25, -0.2) is 9.37 Å². The number of carbonyl (C=O) groups is 1. The lowest BCUT2D eigenvalue weighted by Gasteiger charge is -2.01. The molecule has 0 fully saturated rings. The number of halogens is 1. The fourth-order valence-corrected chi connectivity index (χ4v) is 2.03. The maximum absolute atomic E-state index is 12.9. The van der Waals surface area contributed by atoms with Gasteiger partial charge in [0, 0.05) is 11.6 Å². The number of pyridine rings is 1. The summed E-state index contributed by atoms with van der Waals surface area (Å²) in [7, 11) is 0. The minimum Gasteiger partial charge on any atom is -0.387 e. The fourth-order valence-electron chi connectivity index (χ4n) is 1.24. The van der Waals surface area contributed by atoms with Gasteiger partial charge in [0.1, 0.15) is 5.82 Å². The zero-order valence-electron chi connectivity index (χ0n) is 9.42. The Hall–Kier alpha value is -1.86. The van der Waals surface area contributed by atoms with Gasteiger partial charge in [0.05, 0.1) is 23.6 Å². The van der Waals surface area contributed by atoms with Crippen LogP contribution in [0.3, 0.4) is 0 Å². The highest BCUT2D eigenvalue weighted by Gasteiger charge is 2.11. The number of hydrogen-bond donors (Lipinski definition) is 2. The fraction of sp³-hybridized carbons (Fsp3) is 0.182. The molecule has 0 bridgehead atoms. The summed E-state index contributed by atoms with van der Waals surface area (Å²) in [5, 5.41) is 13.8. The largest absolute Gasteiger partial charge is 0.387 e. The smallest absolute Gasteiger partial charge is 0.259 e. The molecule has 1 atom stereocenters. The van der Waals surface area contributed by atoms with Crippen molar-refractivity contribution in [1.82, 2.24) is 9.97 Å². The van der Waals surface area contributed by atoms with Crippen molar-refractivity contribution in [3.8, 4) is 0 Å². The summed E-state index contributed by atoms with van der Waals surface area (Å²) in [5.41, 5.74) is 0.594. The summed E-state index contributed by atoms with van der Waals surface area (Å²) in [6.07, 6.45) is 1.59. The first kappa shape index (κ1) is 12.6. The molecule has 0 aliphatic carbocycles. The van der Waals surface area contributed by atoms with E-state index in [1.54, 1.807) is 12.3 Å². The van der Waals surface area contributed by atoms with Gasteiger partial charge in [0.15, 0.2) is 5.13 Å². The van der Waals surface area contributed by atoms with Crippen LogP contribution >= 0.6 is 11.3 Å². The monoisotopic (exact) mass is 267 g/mol. The van der Waals surface area contributed by atoms with E-state index < -0.39 is 17.8 Å². The first-order valence-electron chi connectivity index (χ1n) is 5.11. The Kier molecular flexibility index (Phi) is 3.63. The number of carbonyl (C=O) groups excluding carboxylic acids is 1. The van der Waals surface area contributed by atoms with E-state index in [0.29, 0.717) is 10.8 Å². The zero-order chi connectivity index (χ0) is 13.1. The van der Waals surface area contributed by atoms with E-state index >= 15 is 0 Å². The van der Waals surface area contributed by atoms with Crippen LogP contribution in [-0.2, 0) is 0 Å². The van der Waals surface area contributed by atoms with Gasteiger partial charge in [-0.15, -0.1) is 11.3 Å². The molecule has 0 spiro atoms. The van der Waals surface area contributed by atoms with Gasteiger partial charge in [-0.1, -0.05) is 0 Å². The molecule has 0 aliphatic heterocycles. The van der Waals surface area contributed by atoms with Crippen molar-refractivity contribution in [3.63, 3.8) is 0 Å². The molecule has 1 amide bonds. The predicted molar refractivity (Wildman–Crippen MR) is 64.9 cm³/mol. The van der Waals surface area contributed by atoms with Crippen LogP contribution < -0.4 is 5.32 Å². The van der Waals surface area contributed by atoms with Crippen LogP contribution in [-0.4, -0.2) is 21.0 Å². The number of amides is 1. The van der Waals surface area contributed by atoms with Crippen molar-refractivity contribution in [2.75, 3.05) is 5.32 Å². The third-order valence-electron chi connectivity index (χ3n) is 2.14. The molecule has 2 aromatic heterocycles. The molecule has 18 heavy (non-hydrogen) atoms. The summed E-state index contributed by atoms with van der Waals surface area (Å²) >= 11 is 1.19. The molecule has 2 rings (SSSR count). The second kappa shape index (κ2) is 5.19. The predicted octanol–water partition coefficient (Wildman–Crippen LogP) is 1.98. The first-order valence-corrected chi connectivity index (χ1v) is 5.99. The van der Waals surface area contributed by atoms with Crippen molar-refractivity contribution in [2.45, 2.75) is 13.0 Å². The first-order chi connectivity index (χ1) is 8.56. The zero-order valence-corrected chi connectivity index (χ0v) is 10.2. The summed E-state index contributed by atoms with van der Waals surface area (Å²) in [5.74, 6) is -1.07. The number of thiazole rings is 1. The lowest BCUT2D eigenvalue weighted by Crippen LogP contribution is -2.12. The molecule has 2 aromatic rings. The van der Waals surface area contributed by atoms with Gasteiger partial charge in [0.2, 0.25) is 0 Å². The van der Waals surface area contributed by atoms with Gasteiger partial charge in [-0.3, -0.25) is 15.1 Å². The number of aliphatic hydroxyl groups excluding tert-OH is 1. The lowest BCUT2D eigenvalue weighted by molar-refractivity contribution is 0.102. The second-order valence-electron chi connectivity index (χ2n) is 3.60. The quantitative estimate of drug-likeness (QED) is 0.891. The summed E-state index contributed by atoms with van der Waals surface area (Å²) < 4.78 is 12.9. The molecular weight excluding hydrogens is 257 g/mol. The van der Waals surface area contributed by atoms with Crippen LogP contribution in [0.4, 0.5) is 9.52 Å². The maximum Gasteiger partial charge on any atom is 0.259 e. The third kappa shape index (κ3) is 2.88. The molecule has 0 aliphatic rings. The van der Waals surface area contributed by atoms with Gasteiger partial charge in [-0.05, 0) is 13.0 Å². The SMILES string of the molecule is CC(O)c1csc(NC(=O)c2cncc(F)c2)n1. The highest BCUT2D eigenvalue weighted by Crippen LogP contribution is 2.20. The van der Waals surface area contributed by atoms with E-state index in [1.807, 2.05) is 0 Å². The van der Waals surface area contributed by atoms with E-state index in [-0.39, 0.29) is 5.56 Å². The van der Waals surface area contributed by atoms with E-state index in [0.717, 1.165) is 12.3 Å². The van der Waals surface area contributed by atoms with Crippen LogP contribution in [0.15, 0.2) is 23.8 Å². The van der Waals surface area contributed by atoms with E-state index in [9.17, 15) is 14.3 Å². The van der Waals surface area contributed by atoms with Crippen molar-refractivity contribution >= 4 is 22.4 Å². The second-order valence-corrected chi connectivity index (χ2v) is 4.46. The molecule has 2 N–H and O–H groups in total. The lowest BCUT2D eigenvalue weighted by atomic mass is 10.3. The Bertz CT molecular complexity index is 571. The number of aromatic nitrogens is 2. The number of rotatable bonds is 3. The number of nitrogens with one attached hydrogen (secondary N) is 1. The van der Waals surface area contributed by atoms with E-state index in [2.05, 4.69) is 15.3 Å². The average Bonchev–Trinajstić information content (AvgIpc) is 2.77. The molecular formula is C11H10FN3O2S. The molecule has 1 unspecified atom stereocenters. The highest BCUT2D eigenvalue weighted by atomic mass is 32.1. The van der Waals surface area contributed by atoms with Crippen LogP contribution in [0.25, 0.3) is 0 Å². The normalized spacial score (nSPS) is 12.2. The van der Waals surface area contributed by atoms with Gasteiger partial charge in [-0.2, -0.15) is 0 Å². The molecule has 2 heterocycles. The molecule has 0 saturated carbocycles. The topological polar surface area (TPSA) is 75.1 Å². The highest BCUT2D eigenvalue weighted by molar-refractivity contribution is 7.14. The van der Waals surface area contributed by atoms with Crippen LogP contribution in [0.2, 0.25) is 0 Å². The van der Waals surface area contributed by atoms with Crippen molar-refractivity contribution < 1.29 is 14.3 Å². The van der Waals surface area contributed by atoms with Crippen molar-refractivity contribution in [3.05, 3.63) is 40.9 Å². The van der Waals surface area contributed by atoms with Crippen LogP contribution in [0.1, 0.15) is 29.1 Å². The Morgan fingerprint density at radius 3 is 2.94 bits per heavy atom. The summed E-state index contributed by atoms with van der Waals surface area (Å²) in [6.45, 7) is 1.58. The molecule has 0 aromatic carbocycles. The Balaban J connectivity index is 2.11. The Morgan fingerprint density at radius 1 is 1.56 bits per heavy atom. The Labute approximate surface area is 106 Å². The number of anilines is 1. The molecule has 94 valence electrons. The van der Waals surface area contributed by atoms with Gasteiger partial charge < -0.3 is 5.11 Å². The molecule has 5 nitrogen and oxygen atoms in total. The Morgan fingerprint density at radius 2 is 2.33 bits per heavy atom. The van der Waals surface area contributed by atoms with Crippen LogP contribution in [0, 0.1) is 5.82 Å². The average molecular weight is 267 g/mol. The number of hydrogen-bond acceptors (Lipinski definition) is 5. The van der Waals surface area contributed by atoms with Crippen LogP contribution in [0.5, 0.6) is 0 Å². The number of nitrogens with zero attached hydrogens (tertiary/aromatic N) is 2. The molecule has 0 radical (unpaired) electrons. The summed E-state index contributed by atoms with van der Waals surface area (Å²) in [4.78, 5) is 19.3. The molecule has 7 heteroatoms. The minimum atomic E-state index is -0.692. The standard InChI is InChI=1S/C11H10FN3O2S/c1-6(16)9-5-18-11(14-9)15-10(17)7-2-8(12)4-13-3-7/h2-6,16H,1H3,(H,14,15,17). The number of aliphatic hydroxyl groups is 1. The van der Waals surface area contributed by atoms with E-state index in [1.165, 1.54) is 17.5 Å².